The lowest BCUT2D eigenvalue weighted by Crippen LogP contribution is -2.36. The molecule has 0 saturated carbocycles. The van der Waals surface area contributed by atoms with Gasteiger partial charge in [-0.15, -0.1) is 0 Å². The Morgan fingerprint density at radius 2 is 1.88 bits per heavy atom. The van der Waals surface area contributed by atoms with E-state index in [0.29, 0.717) is 13.1 Å². The predicted octanol–water partition coefficient (Wildman–Crippen LogP) is 2.19. The van der Waals surface area contributed by atoms with Gasteiger partial charge >= 0.3 is 21.6 Å². The first-order valence-corrected chi connectivity index (χ1v) is 8.62. The summed E-state index contributed by atoms with van der Waals surface area (Å²) in [6.45, 7) is 0.459. The highest BCUT2D eigenvalue weighted by atomic mass is 32.2. The van der Waals surface area contributed by atoms with Crippen LogP contribution in [0.4, 0.5) is 13.2 Å². The fraction of sp³-hybridized carbons (Fsp3) is 0.400. The maximum Gasteiger partial charge on any atom is 0.534 e. The van der Waals surface area contributed by atoms with E-state index in [9.17, 15) is 26.4 Å². The van der Waals surface area contributed by atoms with Crippen molar-refractivity contribution in [2.24, 2.45) is 0 Å². The first-order valence-electron chi connectivity index (χ1n) is 7.21. The molecule has 0 spiro atoms. The number of carbonyl (C=O) groups is 1. The van der Waals surface area contributed by atoms with Crippen molar-refractivity contribution in [1.29, 1.82) is 0 Å². The van der Waals surface area contributed by atoms with E-state index in [0.717, 1.165) is 12.7 Å². The van der Waals surface area contributed by atoms with Crippen LogP contribution >= 0.6 is 0 Å². The lowest BCUT2D eigenvalue weighted by molar-refractivity contribution is -0.136. The third kappa shape index (κ3) is 4.73. The number of nitrogens with zero attached hydrogens (tertiary/aromatic N) is 1. The summed E-state index contributed by atoms with van der Waals surface area (Å²) < 4.78 is 69.0. The van der Waals surface area contributed by atoms with E-state index in [1.807, 2.05) is 18.2 Å². The lowest BCUT2D eigenvalue weighted by atomic mass is 10.1. The molecule has 0 aliphatic carbocycles. The number of benzene rings is 1. The second-order valence-electron chi connectivity index (χ2n) is 5.32. The molecule has 2 rings (SSSR count). The van der Waals surface area contributed by atoms with E-state index in [1.165, 1.54) is 0 Å². The molecule has 10 heteroatoms. The van der Waals surface area contributed by atoms with Gasteiger partial charge in [0, 0.05) is 13.1 Å². The minimum atomic E-state index is -5.86. The summed E-state index contributed by atoms with van der Waals surface area (Å²) >= 11 is 0. The van der Waals surface area contributed by atoms with Crippen molar-refractivity contribution >= 4 is 16.1 Å². The van der Waals surface area contributed by atoms with Crippen LogP contribution in [-0.2, 0) is 30.4 Å². The van der Waals surface area contributed by atoms with Crippen LogP contribution in [0.1, 0.15) is 12.0 Å². The van der Waals surface area contributed by atoms with Gasteiger partial charge in [-0.1, -0.05) is 30.3 Å². The Balaban J connectivity index is 2.25. The van der Waals surface area contributed by atoms with Gasteiger partial charge in [0.2, 0.25) is 0 Å². The van der Waals surface area contributed by atoms with Crippen molar-refractivity contribution in [1.82, 2.24) is 4.90 Å². The summed E-state index contributed by atoms with van der Waals surface area (Å²) in [5.41, 5.74) is -4.90. The molecule has 0 atom stereocenters. The zero-order valence-electron chi connectivity index (χ0n) is 13.2. The van der Waals surface area contributed by atoms with Gasteiger partial charge in [0.05, 0.1) is 19.2 Å². The van der Waals surface area contributed by atoms with E-state index in [2.05, 4.69) is 8.92 Å². The smallest absolute Gasteiger partial charge is 0.466 e. The van der Waals surface area contributed by atoms with Crippen LogP contribution in [0.5, 0.6) is 0 Å². The lowest BCUT2D eigenvalue weighted by Gasteiger charge is -2.29. The van der Waals surface area contributed by atoms with E-state index in [1.54, 1.807) is 17.0 Å². The third-order valence-electron chi connectivity index (χ3n) is 3.56. The number of rotatable bonds is 5. The molecule has 0 N–H and O–H groups in total. The average Bonchev–Trinajstić information content (AvgIpc) is 2.54. The van der Waals surface area contributed by atoms with Crippen LogP contribution in [0.15, 0.2) is 41.7 Å². The first kappa shape index (κ1) is 19.3. The number of ether oxygens (including phenoxy) is 1. The minimum Gasteiger partial charge on any atom is -0.466 e. The summed E-state index contributed by atoms with van der Waals surface area (Å²) in [5.74, 6) is -1.47. The van der Waals surface area contributed by atoms with Crippen molar-refractivity contribution < 1.29 is 35.3 Å². The summed E-state index contributed by atoms with van der Waals surface area (Å²) in [6, 6.07) is 9.08. The zero-order chi connectivity index (χ0) is 18.7. The summed E-state index contributed by atoms with van der Waals surface area (Å²) in [4.78, 5) is 13.4. The molecule has 1 aromatic rings. The van der Waals surface area contributed by atoms with E-state index >= 15 is 0 Å². The van der Waals surface area contributed by atoms with Gasteiger partial charge in [0.25, 0.3) is 0 Å². The maximum atomic E-state index is 12.6. The number of hydrogen-bond acceptors (Lipinski definition) is 6. The van der Waals surface area contributed by atoms with E-state index in [-0.39, 0.29) is 18.5 Å². The first-order chi connectivity index (χ1) is 11.6. The van der Waals surface area contributed by atoms with Gasteiger partial charge in [-0.05, 0) is 12.0 Å². The molecular formula is C15H16F3NO5S. The topological polar surface area (TPSA) is 72.9 Å². The highest BCUT2D eigenvalue weighted by Crippen LogP contribution is 2.30. The average molecular weight is 379 g/mol. The molecule has 0 saturated heterocycles. The molecule has 25 heavy (non-hydrogen) atoms. The molecule has 138 valence electrons. The number of methoxy groups -OCH3 is 1. The molecule has 1 aromatic carbocycles. The highest BCUT2D eigenvalue weighted by molar-refractivity contribution is 7.87. The monoisotopic (exact) mass is 379 g/mol. The van der Waals surface area contributed by atoms with Crippen LogP contribution in [0, 0.1) is 0 Å². The fourth-order valence-corrected chi connectivity index (χ4v) is 2.87. The zero-order valence-corrected chi connectivity index (χ0v) is 14.1. The number of hydrogen-bond donors (Lipinski definition) is 0. The minimum absolute atomic E-state index is 0.0161. The molecular weight excluding hydrogens is 363 g/mol. The van der Waals surface area contributed by atoms with Gasteiger partial charge in [-0.25, -0.2) is 4.79 Å². The number of alkyl halides is 3. The Hall–Kier alpha value is -2.07. The normalized spacial score (nSPS) is 16.6. The maximum absolute atomic E-state index is 12.6. The largest absolute Gasteiger partial charge is 0.534 e. The Morgan fingerprint density at radius 1 is 1.24 bits per heavy atom. The third-order valence-corrected chi connectivity index (χ3v) is 4.54. The fourth-order valence-electron chi connectivity index (χ4n) is 2.36. The molecule has 1 aliphatic rings. The Morgan fingerprint density at radius 3 is 2.44 bits per heavy atom. The van der Waals surface area contributed by atoms with E-state index < -0.39 is 27.4 Å². The van der Waals surface area contributed by atoms with Crippen LogP contribution in [0.3, 0.4) is 0 Å². The molecule has 0 amide bonds. The number of halogens is 3. The van der Waals surface area contributed by atoms with E-state index in [4.69, 9.17) is 0 Å². The molecule has 0 aromatic heterocycles. The Kier molecular flexibility index (Phi) is 5.73. The van der Waals surface area contributed by atoms with Gasteiger partial charge in [0.15, 0.2) is 0 Å². The highest BCUT2D eigenvalue weighted by Gasteiger charge is 2.49. The molecule has 0 fully saturated rings. The SMILES string of the molecule is COC(=O)C1=C(OS(=O)(=O)C(F)(F)F)CN(Cc2ccccc2)CC1. The van der Waals surface area contributed by atoms with Crippen molar-refractivity contribution in [3.8, 4) is 0 Å². The standard InChI is InChI=1S/C15H16F3NO5S/c1-23-14(20)12-7-8-19(9-11-5-3-2-4-6-11)10-13(12)24-25(21,22)15(16,17)18/h2-6H,7-10H2,1H3. The van der Waals surface area contributed by atoms with Crippen LogP contribution < -0.4 is 0 Å². The van der Waals surface area contributed by atoms with Crippen molar-refractivity contribution in [3.63, 3.8) is 0 Å². The van der Waals surface area contributed by atoms with Crippen LogP contribution in [0.25, 0.3) is 0 Å². The predicted molar refractivity (Wildman–Crippen MR) is 81.4 cm³/mol. The van der Waals surface area contributed by atoms with Crippen molar-refractivity contribution in [2.45, 2.75) is 18.5 Å². The van der Waals surface area contributed by atoms with Crippen molar-refractivity contribution in [3.05, 3.63) is 47.2 Å². The van der Waals surface area contributed by atoms with Crippen LogP contribution in [-0.4, -0.2) is 45.0 Å². The van der Waals surface area contributed by atoms with Crippen molar-refractivity contribution in [2.75, 3.05) is 20.2 Å². The molecule has 1 aliphatic heterocycles. The summed E-state index contributed by atoms with van der Waals surface area (Å²) in [6.07, 6.45) is 0.0161. The summed E-state index contributed by atoms with van der Waals surface area (Å²) in [7, 11) is -4.80. The molecule has 0 bridgehead atoms. The van der Waals surface area contributed by atoms with Gasteiger partial charge in [-0.3, -0.25) is 4.90 Å². The van der Waals surface area contributed by atoms with Gasteiger partial charge in [0.1, 0.15) is 5.76 Å². The second kappa shape index (κ2) is 7.44. The molecule has 1 heterocycles. The van der Waals surface area contributed by atoms with Crippen LogP contribution in [0.2, 0.25) is 0 Å². The molecule has 0 unspecified atom stereocenters. The Bertz CT molecular complexity index is 759. The Labute approximate surface area is 142 Å². The van der Waals surface area contributed by atoms with Gasteiger partial charge < -0.3 is 8.92 Å². The number of esters is 1. The second-order valence-corrected chi connectivity index (χ2v) is 6.86. The molecule has 6 nitrogen and oxygen atoms in total. The van der Waals surface area contributed by atoms with Gasteiger partial charge in [-0.2, -0.15) is 21.6 Å². The summed E-state index contributed by atoms with van der Waals surface area (Å²) in [5, 5.41) is 0. The number of carbonyl (C=O) groups excluding carboxylic acids is 1. The quantitative estimate of drug-likeness (QED) is 0.444. The molecule has 0 radical (unpaired) electrons.